The van der Waals surface area contributed by atoms with Crippen LogP contribution in [0.15, 0.2) is 67.0 Å². The van der Waals surface area contributed by atoms with E-state index in [1.165, 1.54) is 0 Å². The molecular formula is C27H22N4O3. The minimum Gasteiger partial charge on any atom is -0.457 e. The Morgan fingerprint density at radius 3 is 2.62 bits per heavy atom. The zero-order valence-electron chi connectivity index (χ0n) is 18.9. The highest BCUT2D eigenvalue weighted by Crippen LogP contribution is 2.33. The number of anilines is 1. The number of cyclic esters (lactones) is 1. The largest absolute Gasteiger partial charge is 0.457 e. The van der Waals surface area contributed by atoms with Crippen LogP contribution in [0.5, 0.6) is 0 Å². The molecule has 6 rings (SSSR count). The molecule has 1 amide bonds. The van der Waals surface area contributed by atoms with Gasteiger partial charge in [-0.1, -0.05) is 24.3 Å². The fourth-order valence-electron chi connectivity index (χ4n) is 4.60. The number of imidazole rings is 1. The van der Waals surface area contributed by atoms with Crippen molar-refractivity contribution in [2.45, 2.75) is 33.0 Å². The summed E-state index contributed by atoms with van der Waals surface area (Å²) in [4.78, 5) is 36.1. The number of carbonyl (C=O) groups excluding carboxylic acids is 2. The first-order chi connectivity index (χ1) is 16.5. The molecule has 7 heteroatoms. The predicted molar refractivity (Wildman–Crippen MR) is 127 cm³/mol. The van der Waals surface area contributed by atoms with Crippen molar-refractivity contribution >= 4 is 17.7 Å². The summed E-state index contributed by atoms with van der Waals surface area (Å²) in [7, 11) is 0. The zero-order valence-corrected chi connectivity index (χ0v) is 18.9. The third-order valence-electron chi connectivity index (χ3n) is 6.40. The monoisotopic (exact) mass is 450 g/mol. The molecule has 0 N–H and O–H groups in total. The molecule has 0 saturated heterocycles. The molecule has 2 aromatic carbocycles. The van der Waals surface area contributed by atoms with Crippen LogP contribution in [0.3, 0.4) is 0 Å². The number of benzene rings is 2. The normalized spacial score (nSPS) is 14.5. The summed E-state index contributed by atoms with van der Waals surface area (Å²) < 4.78 is 7.18. The van der Waals surface area contributed by atoms with E-state index in [1.807, 2.05) is 54.7 Å². The lowest BCUT2D eigenvalue weighted by Gasteiger charge is -2.16. The number of rotatable bonds is 4. The Bertz CT molecular complexity index is 1470. The summed E-state index contributed by atoms with van der Waals surface area (Å²) >= 11 is 0. The highest BCUT2D eigenvalue weighted by atomic mass is 16.5. The molecule has 0 aliphatic carbocycles. The van der Waals surface area contributed by atoms with E-state index in [1.54, 1.807) is 17.2 Å². The van der Waals surface area contributed by atoms with Crippen LogP contribution >= 0.6 is 0 Å². The van der Waals surface area contributed by atoms with E-state index >= 15 is 0 Å². The highest BCUT2D eigenvalue weighted by Gasteiger charge is 2.30. The minimum absolute atomic E-state index is 0.0756. The van der Waals surface area contributed by atoms with E-state index in [2.05, 4.69) is 23.4 Å². The van der Waals surface area contributed by atoms with E-state index in [-0.39, 0.29) is 24.5 Å². The molecule has 0 bridgehead atoms. The average molecular weight is 450 g/mol. The molecule has 0 spiro atoms. The van der Waals surface area contributed by atoms with Gasteiger partial charge in [-0.25, -0.2) is 14.8 Å². The number of nitrogens with zero attached hydrogens (tertiary/aromatic N) is 4. The van der Waals surface area contributed by atoms with E-state index in [0.717, 1.165) is 33.8 Å². The van der Waals surface area contributed by atoms with Crippen LogP contribution in [-0.4, -0.2) is 26.4 Å². The van der Waals surface area contributed by atoms with Gasteiger partial charge in [-0.2, -0.15) is 0 Å². The second-order valence-electron chi connectivity index (χ2n) is 8.84. The summed E-state index contributed by atoms with van der Waals surface area (Å²) in [6.45, 7) is 4.95. The standard InChI is InChI=1S/C27H22N4O3/c1-16(2)30-11-10-28-25(30)23-4-3-5-24(29-23)31-14-19-7-6-18(13-22(19)26(31)32)17-8-9-21-20(12-17)15-34-27(21)33/h3-13,16H,14-15H2,1-2H3. The summed E-state index contributed by atoms with van der Waals surface area (Å²) in [6, 6.07) is 17.5. The molecule has 0 unspecified atom stereocenters. The van der Waals surface area contributed by atoms with Crippen molar-refractivity contribution in [1.82, 2.24) is 14.5 Å². The Morgan fingerprint density at radius 2 is 1.76 bits per heavy atom. The van der Waals surface area contributed by atoms with Crippen molar-refractivity contribution in [3.05, 3.63) is 89.2 Å². The van der Waals surface area contributed by atoms with Gasteiger partial charge in [0.15, 0.2) is 5.82 Å². The lowest BCUT2D eigenvalue weighted by Crippen LogP contribution is -2.24. The number of amides is 1. The van der Waals surface area contributed by atoms with Crippen molar-refractivity contribution in [2.75, 3.05) is 4.90 Å². The van der Waals surface area contributed by atoms with Crippen LogP contribution < -0.4 is 4.90 Å². The molecular weight excluding hydrogens is 428 g/mol. The van der Waals surface area contributed by atoms with Gasteiger partial charge in [0.25, 0.3) is 5.91 Å². The van der Waals surface area contributed by atoms with Crippen molar-refractivity contribution in [1.29, 1.82) is 0 Å². The smallest absolute Gasteiger partial charge is 0.338 e. The maximum absolute atomic E-state index is 13.4. The second kappa shape index (κ2) is 7.66. The Kier molecular flexibility index (Phi) is 4.58. The van der Waals surface area contributed by atoms with Gasteiger partial charge in [0.1, 0.15) is 18.1 Å². The average Bonchev–Trinajstić information content (AvgIpc) is 3.57. The number of carbonyl (C=O) groups is 2. The Morgan fingerprint density at radius 1 is 0.941 bits per heavy atom. The van der Waals surface area contributed by atoms with Gasteiger partial charge in [0.05, 0.1) is 12.1 Å². The highest BCUT2D eigenvalue weighted by molar-refractivity contribution is 6.10. The maximum Gasteiger partial charge on any atom is 0.338 e. The number of pyridine rings is 1. The molecule has 0 atom stereocenters. The van der Waals surface area contributed by atoms with Gasteiger partial charge < -0.3 is 9.30 Å². The molecule has 0 fully saturated rings. The zero-order chi connectivity index (χ0) is 23.4. The number of aromatic nitrogens is 3. The topological polar surface area (TPSA) is 77.3 Å². The molecule has 2 aliphatic rings. The Labute approximate surface area is 196 Å². The second-order valence-corrected chi connectivity index (χ2v) is 8.84. The maximum atomic E-state index is 13.4. The third-order valence-corrected chi connectivity index (χ3v) is 6.40. The Balaban J connectivity index is 1.32. The van der Waals surface area contributed by atoms with Crippen LogP contribution in [0.4, 0.5) is 5.82 Å². The molecule has 0 radical (unpaired) electrons. The lowest BCUT2D eigenvalue weighted by atomic mass is 9.97. The van der Waals surface area contributed by atoms with Crippen LogP contribution in [-0.2, 0) is 17.9 Å². The number of ether oxygens (including phenoxy) is 1. The number of esters is 1. The van der Waals surface area contributed by atoms with Gasteiger partial charge in [-0.05, 0) is 60.9 Å². The molecule has 4 aromatic rings. The van der Waals surface area contributed by atoms with Gasteiger partial charge in [-0.3, -0.25) is 9.69 Å². The van der Waals surface area contributed by atoms with Gasteiger partial charge in [-0.15, -0.1) is 0 Å². The summed E-state index contributed by atoms with van der Waals surface area (Å²) in [5.74, 6) is 1.02. The SMILES string of the molecule is CC(C)n1ccnc1-c1cccc(N2Cc3ccc(-c4ccc5c(c4)COC5=O)cc3C2=O)n1. The number of hydrogen-bond donors (Lipinski definition) is 0. The first-order valence-corrected chi connectivity index (χ1v) is 11.2. The van der Waals surface area contributed by atoms with Crippen molar-refractivity contribution in [3.63, 3.8) is 0 Å². The molecule has 168 valence electrons. The van der Waals surface area contributed by atoms with E-state index < -0.39 is 0 Å². The minimum atomic E-state index is -0.285. The van der Waals surface area contributed by atoms with Crippen molar-refractivity contribution in [3.8, 4) is 22.6 Å². The van der Waals surface area contributed by atoms with Gasteiger partial charge in [0, 0.05) is 29.6 Å². The Hall–Kier alpha value is -4.26. The van der Waals surface area contributed by atoms with Crippen LogP contribution in [0.2, 0.25) is 0 Å². The lowest BCUT2D eigenvalue weighted by molar-refractivity contribution is 0.0535. The van der Waals surface area contributed by atoms with Crippen LogP contribution in [0, 0.1) is 0 Å². The fourth-order valence-corrected chi connectivity index (χ4v) is 4.60. The van der Waals surface area contributed by atoms with E-state index in [4.69, 9.17) is 9.72 Å². The van der Waals surface area contributed by atoms with Crippen LogP contribution in [0.1, 0.15) is 51.7 Å². The summed E-state index contributed by atoms with van der Waals surface area (Å²) in [5, 5.41) is 0. The van der Waals surface area contributed by atoms with Gasteiger partial charge >= 0.3 is 5.97 Å². The molecule has 2 aliphatic heterocycles. The predicted octanol–water partition coefficient (Wildman–Crippen LogP) is 5.02. The fraction of sp³-hybridized carbons (Fsp3) is 0.185. The number of hydrogen-bond acceptors (Lipinski definition) is 5. The van der Waals surface area contributed by atoms with Crippen molar-refractivity contribution in [2.24, 2.45) is 0 Å². The number of fused-ring (bicyclic) bond motifs is 2. The van der Waals surface area contributed by atoms with Crippen molar-refractivity contribution < 1.29 is 14.3 Å². The molecule has 2 aromatic heterocycles. The van der Waals surface area contributed by atoms with E-state index in [0.29, 0.717) is 23.5 Å². The van der Waals surface area contributed by atoms with E-state index in [9.17, 15) is 9.59 Å². The molecule has 34 heavy (non-hydrogen) atoms. The summed E-state index contributed by atoms with van der Waals surface area (Å²) in [5.41, 5.74) is 5.72. The quantitative estimate of drug-likeness (QED) is 0.408. The first kappa shape index (κ1) is 20.4. The third kappa shape index (κ3) is 3.20. The molecule has 7 nitrogen and oxygen atoms in total. The summed E-state index contributed by atoms with van der Waals surface area (Å²) in [6.07, 6.45) is 3.71. The molecule has 0 saturated carbocycles. The van der Waals surface area contributed by atoms with Crippen LogP contribution in [0.25, 0.3) is 22.6 Å². The van der Waals surface area contributed by atoms with Gasteiger partial charge in [0.2, 0.25) is 0 Å². The first-order valence-electron chi connectivity index (χ1n) is 11.2. The molecule has 4 heterocycles.